The Bertz CT molecular complexity index is 588. The third-order valence-corrected chi connectivity index (χ3v) is 3.98. The minimum Gasteiger partial charge on any atom is -0.393 e. The number of allylic oxidation sites excluding steroid dienone is 10. The number of aliphatic hydroxyl groups is 1. The zero-order valence-corrected chi connectivity index (χ0v) is 18.6. The lowest BCUT2D eigenvalue weighted by Gasteiger charge is -2.08. The van der Waals surface area contributed by atoms with Crippen molar-refractivity contribution in [2.45, 2.75) is 70.8 Å². The van der Waals surface area contributed by atoms with Crippen LogP contribution in [0, 0.1) is 0 Å². The van der Waals surface area contributed by atoms with Gasteiger partial charge in [-0.3, -0.25) is 9.59 Å². The van der Waals surface area contributed by atoms with E-state index < -0.39 is 18.0 Å². The normalized spacial score (nSPS) is 13.4. The molecule has 0 aliphatic carbocycles. The molecule has 0 saturated carbocycles. The molecule has 5 heteroatoms. The van der Waals surface area contributed by atoms with Crippen molar-refractivity contribution in [1.82, 2.24) is 5.32 Å². The maximum atomic E-state index is 11.6. The minimum absolute atomic E-state index is 0.179. The number of likely N-dealkylation sites (N-methyl/N-ethyl adjacent to an activating group) is 1. The average Bonchev–Trinajstić information content (AvgIpc) is 2.70. The molecule has 0 heterocycles. The molecule has 168 valence electrons. The largest absolute Gasteiger partial charge is 0.393 e. The van der Waals surface area contributed by atoms with Crippen molar-refractivity contribution >= 4 is 11.9 Å². The summed E-state index contributed by atoms with van der Waals surface area (Å²) >= 11 is 0. The van der Waals surface area contributed by atoms with Crippen molar-refractivity contribution in [1.29, 1.82) is 0 Å². The van der Waals surface area contributed by atoms with Crippen LogP contribution in [-0.2, 0) is 14.3 Å². The van der Waals surface area contributed by atoms with E-state index in [1.165, 1.54) is 0 Å². The number of carbonyl (C=O) groups excluding carboxylic acids is 2. The first-order valence-corrected chi connectivity index (χ1v) is 10.9. The predicted molar refractivity (Wildman–Crippen MR) is 124 cm³/mol. The molecule has 0 aliphatic heterocycles. The van der Waals surface area contributed by atoms with Crippen LogP contribution in [0.2, 0.25) is 0 Å². The number of esters is 2. The van der Waals surface area contributed by atoms with E-state index in [9.17, 15) is 14.7 Å². The summed E-state index contributed by atoms with van der Waals surface area (Å²) in [6.45, 7) is 2.42. The highest BCUT2D eigenvalue weighted by Crippen LogP contribution is 2.03. The first kappa shape index (κ1) is 27.8. The van der Waals surface area contributed by atoms with Crippen LogP contribution < -0.4 is 5.32 Å². The topological polar surface area (TPSA) is 75.6 Å². The highest BCUT2D eigenvalue weighted by atomic mass is 16.6. The number of ether oxygens (including phenoxy) is 1. The number of carbonyl (C=O) groups is 2. The van der Waals surface area contributed by atoms with E-state index in [0.717, 1.165) is 38.5 Å². The third-order valence-electron chi connectivity index (χ3n) is 3.98. The van der Waals surface area contributed by atoms with E-state index in [1.54, 1.807) is 7.05 Å². The monoisotopic (exact) mass is 417 g/mol. The molecule has 0 bridgehead atoms. The fourth-order valence-electron chi connectivity index (χ4n) is 2.45. The maximum Gasteiger partial charge on any atom is 0.316 e. The van der Waals surface area contributed by atoms with E-state index in [-0.39, 0.29) is 19.4 Å². The average molecular weight is 418 g/mol. The van der Waals surface area contributed by atoms with Crippen LogP contribution in [0.4, 0.5) is 0 Å². The Morgan fingerprint density at radius 2 is 1.33 bits per heavy atom. The van der Waals surface area contributed by atoms with Crippen LogP contribution in [-0.4, -0.2) is 36.7 Å². The lowest BCUT2D eigenvalue weighted by atomic mass is 10.2. The van der Waals surface area contributed by atoms with Crippen LogP contribution in [0.5, 0.6) is 0 Å². The van der Waals surface area contributed by atoms with Gasteiger partial charge in [0.1, 0.15) is 0 Å². The molecule has 0 amide bonds. The molecule has 0 rings (SSSR count). The third kappa shape index (κ3) is 20.5. The van der Waals surface area contributed by atoms with Crippen molar-refractivity contribution in [2.24, 2.45) is 0 Å². The van der Waals surface area contributed by atoms with E-state index in [1.807, 2.05) is 6.08 Å². The SMILES string of the molecule is CC/C=C\C/C=C\C/C=C\C/C=C\C/C=C\CCCC(=O)OC(=O)CC(O)CNC. The second-order valence-electron chi connectivity index (χ2n) is 6.86. The number of unbranched alkanes of at least 4 members (excludes halogenated alkanes) is 1. The molecule has 0 saturated heterocycles. The van der Waals surface area contributed by atoms with Crippen LogP contribution in [0.1, 0.15) is 64.7 Å². The summed E-state index contributed by atoms with van der Waals surface area (Å²) in [6.07, 6.45) is 26.9. The fourth-order valence-corrected chi connectivity index (χ4v) is 2.45. The van der Waals surface area contributed by atoms with Gasteiger partial charge in [0.15, 0.2) is 0 Å². The zero-order chi connectivity index (χ0) is 22.3. The van der Waals surface area contributed by atoms with Crippen LogP contribution >= 0.6 is 0 Å². The summed E-state index contributed by atoms with van der Waals surface area (Å²) in [6, 6.07) is 0. The van der Waals surface area contributed by atoms with Gasteiger partial charge in [-0.15, -0.1) is 0 Å². The number of hydrogen-bond acceptors (Lipinski definition) is 5. The first-order valence-electron chi connectivity index (χ1n) is 10.9. The van der Waals surface area contributed by atoms with Gasteiger partial charge in [0, 0.05) is 13.0 Å². The highest BCUT2D eigenvalue weighted by Gasteiger charge is 2.14. The lowest BCUT2D eigenvalue weighted by Crippen LogP contribution is -2.27. The molecule has 5 nitrogen and oxygen atoms in total. The molecule has 0 radical (unpaired) electrons. The Morgan fingerprint density at radius 1 is 0.833 bits per heavy atom. The van der Waals surface area contributed by atoms with E-state index in [2.05, 4.69) is 71.7 Å². The van der Waals surface area contributed by atoms with Gasteiger partial charge in [0.25, 0.3) is 0 Å². The quantitative estimate of drug-likeness (QED) is 0.152. The van der Waals surface area contributed by atoms with Crippen molar-refractivity contribution < 1.29 is 19.4 Å². The fraction of sp³-hybridized carbons (Fsp3) is 0.520. The summed E-state index contributed by atoms with van der Waals surface area (Å²) in [5, 5.41) is 12.2. The first-order chi connectivity index (χ1) is 14.6. The van der Waals surface area contributed by atoms with Crippen molar-refractivity contribution in [3.8, 4) is 0 Å². The molecule has 0 aromatic heterocycles. The molecular formula is C25H39NO4. The van der Waals surface area contributed by atoms with Crippen molar-refractivity contribution in [3.63, 3.8) is 0 Å². The molecular weight excluding hydrogens is 378 g/mol. The molecule has 1 unspecified atom stereocenters. The van der Waals surface area contributed by atoms with Crippen molar-refractivity contribution in [3.05, 3.63) is 60.8 Å². The van der Waals surface area contributed by atoms with Crippen LogP contribution in [0.15, 0.2) is 60.8 Å². The van der Waals surface area contributed by atoms with Crippen molar-refractivity contribution in [2.75, 3.05) is 13.6 Å². The van der Waals surface area contributed by atoms with Gasteiger partial charge < -0.3 is 15.2 Å². The Balaban J connectivity index is 3.65. The number of rotatable bonds is 17. The molecule has 0 spiro atoms. The standard InChI is InChI=1S/C25H39NO4/c1-3-4-5-6-7-8-9-10-11-12-13-14-15-16-17-18-19-20-24(28)30-25(29)21-23(27)22-26-2/h4-5,7-8,10-11,13-14,16-17,23,26-27H,3,6,9,12,15,18-22H2,1-2H3/b5-4-,8-7-,11-10-,14-13-,17-16-. The molecule has 0 aromatic rings. The zero-order valence-electron chi connectivity index (χ0n) is 18.6. The summed E-state index contributed by atoms with van der Waals surface area (Å²) in [5.74, 6) is -1.22. The van der Waals surface area contributed by atoms with Gasteiger partial charge >= 0.3 is 11.9 Å². The molecule has 30 heavy (non-hydrogen) atoms. The lowest BCUT2D eigenvalue weighted by molar-refractivity contribution is -0.160. The smallest absolute Gasteiger partial charge is 0.316 e. The van der Waals surface area contributed by atoms with Gasteiger partial charge in [-0.2, -0.15) is 0 Å². The van der Waals surface area contributed by atoms with Gasteiger partial charge in [-0.1, -0.05) is 67.7 Å². The Kier molecular flexibility index (Phi) is 19.9. The number of aliphatic hydroxyl groups excluding tert-OH is 1. The van der Waals surface area contributed by atoms with Gasteiger partial charge in [0.2, 0.25) is 0 Å². The molecule has 2 N–H and O–H groups in total. The Labute approximate surface area is 182 Å². The van der Waals surface area contributed by atoms with Crippen LogP contribution in [0.25, 0.3) is 0 Å². The second-order valence-corrected chi connectivity index (χ2v) is 6.86. The van der Waals surface area contributed by atoms with Gasteiger partial charge in [-0.05, 0) is 52.0 Å². The Morgan fingerprint density at radius 3 is 1.83 bits per heavy atom. The summed E-state index contributed by atoms with van der Waals surface area (Å²) < 4.78 is 4.68. The highest BCUT2D eigenvalue weighted by molar-refractivity contribution is 5.85. The molecule has 1 atom stereocenters. The molecule has 0 fully saturated rings. The second kappa shape index (κ2) is 21.5. The van der Waals surface area contributed by atoms with Crippen LogP contribution in [0.3, 0.4) is 0 Å². The van der Waals surface area contributed by atoms with E-state index in [4.69, 9.17) is 0 Å². The summed E-state index contributed by atoms with van der Waals surface area (Å²) in [4.78, 5) is 23.0. The predicted octanol–water partition coefficient (Wildman–Crippen LogP) is 4.95. The van der Waals surface area contributed by atoms with Gasteiger partial charge in [-0.25, -0.2) is 0 Å². The summed E-state index contributed by atoms with van der Waals surface area (Å²) in [5.41, 5.74) is 0. The number of hydrogen-bond donors (Lipinski definition) is 2. The summed E-state index contributed by atoms with van der Waals surface area (Å²) in [7, 11) is 1.67. The van der Waals surface area contributed by atoms with E-state index >= 15 is 0 Å². The minimum atomic E-state index is -0.836. The Hall–Kier alpha value is -2.24. The number of nitrogens with one attached hydrogen (secondary N) is 1. The maximum absolute atomic E-state index is 11.6. The molecule has 0 aromatic carbocycles. The van der Waals surface area contributed by atoms with E-state index in [0.29, 0.717) is 6.42 Å². The van der Waals surface area contributed by atoms with Gasteiger partial charge in [0.05, 0.1) is 12.5 Å². The molecule has 0 aliphatic rings.